The lowest BCUT2D eigenvalue weighted by Gasteiger charge is -2.34. The Balaban J connectivity index is 2.33. The second-order valence-electron chi connectivity index (χ2n) is 7.22. The number of hydrogen-bond acceptors (Lipinski definition) is 5. The third-order valence-corrected chi connectivity index (χ3v) is 4.05. The van der Waals surface area contributed by atoms with E-state index in [4.69, 9.17) is 4.52 Å². The summed E-state index contributed by atoms with van der Waals surface area (Å²) in [4.78, 5) is 18.6. The van der Waals surface area contributed by atoms with Gasteiger partial charge in [-0.05, 0) is 39.3 Å². The van der Waals surface area contributed by atoms with Crippen LogP contribution < -0.4 is 5.32 Å². The molecule has 0 saturated carbocycles. The molecule has 1 atom stereocenters. The molecule has 0 bridgehead atoms. The highest BCUT2D eigenvalue weighted by atomic mass is 16.5. The van der Waals surface area contributed by atoms with Gasteiger partial charge in [0.1, 0.15) is 0 Å². The first-order valence-electron chi connectivity index (χ1n) is 8.50. The first-order chi connectivity index (χ1) is 10.7. The van der Waals surface area contributed by atoms with Gasteiger partial charge in [0.2, 0.25) is 11.8 Å². The van der Waals surface area contributed by atoms with Crippen molar-refractivity contribution in [2.24, 2.45) is 5.41 Å². The lowest BCUT2D eigenvalue weighted by molar-refractivity contribution is -0.122. The van der Waals surface area contributed by atoms with Crippen LogP contribution in [0.1, 0.15) is 58.7 Å². The second-order valence-corrected chi connectivity index (χ2v) is 7.22. The molecule has 0 aromatic carbocycles. The zero-order chi connectivity index (χ0) is 17.5. The van der Waals surface area contributed by atoms with Gasteiger partial charge in [-0.1, -0.05) is 25.9 Å². The highest BCUT2D eigenvalue weighted by Gasteiger charge is 2.27. The van der Waals surface area contributed by atoms with E-state index in [0.29, 0.717) is 18.7 Å². The Morgan fingerprint density at radius 2 is 2.04 bits per heavy atom. The van der Waals surface area contributed by atoms with Crippen molar-refractivity contribution in [2.75, 3.05) is 20.6 Å². The fourth-order valence-corrected chi connectivity index (χ4v) is 2.58. The zero-order valence-electron chi connectivity index (χ0n) is 15.5. The molecule has 0 spiro atoms. The van der Waals surface area contributed by atoms with E-state index in [1.54, 1.807) is 0 Å². The number of rotatable bonds is 10. The molecule has 23 heavy (non-hydrogen) atoms. The van der Waals surface area contributed by atoms with Crippen molar-refractivity contribution in [2.45, 2.75) is 65.8 Å². The summed E-state index contributed by atoms with van der Waals surface area (Å²) in [7, 11) is 4.10. The molecule has 0 saturated heterocycles. The van der Waals surface area contributed by atoms with Crippen LogP contribution in [0, 0.1) is 5.41 Å². The molecule has 1 amide bonds. The van der Waals surface area contributed by atoms with E-state index >= 15 is 0 Å². The molecule has 0 aliphatic rings. The predicted molar refractivity (Wildman–Crippen MR) is 91.2 cm³/mol. The van der Waals surface area contributed by atoms with E-state index in [9.17, 15) is 4.79 Å². The van der Waals surface area contributed by atoms with Crippen molar-refractivity contribution in [1.82, 2.24) is 20.4 Å². The Bertz CT molecular complexity index is 483. The van der Waals surface area contributed by atoms with E-state index in [1.165, 1.54) is 0 Å². The van der Waals surface area contributed by atoms with E-state index < -0.39 is 0 Å². The van der Waals surface area contributed by atoms with Gasteiger partial charge in [0.15, 0.2) is 5.82 Å². The van der Waals surface area contributed by atoms with Crippen molar-refractivity contribution < 1.29 is 9.32 Å². The van der Waals surface area contributed by atoms with Crippen LogP contribution in [0.15, 0.2) is 4.52 Å². The summed E-state index contributed by atoms with van der Waals surface area (Å²) in [5.41, 5.74) is 0.0285. The molecule has 1 aromatic heterocycles. The maximum atomic E-state index is 12.1. The van der Waals surface area contributed by atoms with Crippen LogP contribution in [-0.2, 0) is 17.6 Å². The van der Waals surface area contributed by atoms with Gasteiger partial charge < -0.3 is 14.7 Å². The maximum Gasteiger partial charge on any atom is 0.226 e. The minimum absolute atomic E-state index is 0.0285. The molecular formula is C17H32N4O2. The number of aromatic nitrogens is 2. The van der Waals surface area contributed by atoms with Crippen LogP contribution in [0.25, 0.3) is 0 Å². The molecule has 1 heterocycles. The number of aryl methyl sites for hydroxylation is 2. The van der Waals surface area contributed by atoms with Crippen molar-refractivity contribution in [3.63, 3.8) is 0 Å². The average Bonchev–Trinajstić information content (AvgIpc) is 2.85. The lowest BCUT2D eigenvalue weighted by atomic mass is 9.85. The number of nitrogens with one attached hydrogen (secondary N) is 1. The van der Waals surface area contributed by atoms with Gasteiger partial charge in [-0.2, -0.15) is 4.98 Å². The fraction of sp³-hybridized carbons (Fsp3) is 0.824. The molecule has 0 aliphatic heterocycles. The zero-order valence-corrected chi connectivity index (χ0v) is 15.5. The summed E-state index contributed by atoms with van der Waals surface area (Å²) >= 11 is 0. The first kappa shape index (κ1) is 19.6. The van der Waals surface area contributed by atoms with Crippen molar-refractivity contribution >= 4 is 5.91 Å². The quantitative estimate of drug-likeness (QED) is 0.716. The Morgan fingerprint density at radius 1 is 1.35 bits per heavy atom. The third-order valence-electron chi connectivity index (χ3n) is 4.05. The van der Waals surface area contributed by atoms with Crippen molar-refractivity contribution in [1.29, 1.82) is 0 Å². The summed E-state index contributed by atoms with van der Waals surface area (Å²) in [6.07, 6.45) is 3.69. The van der Waals surface area contributed by atoms with E-state index in [1.807, 2.05) is 14.1 Å². The van der Waals surface area contributed by atoms with Gasteiger partial charge in [0.25, 0.3) is 0 Å². The smallest absolute Gasteiger partial charge is 0.226 e. The summed E-state index contributed by atoms with van der Waals surface area (Å²) in [5.74, 6) is 1.46. The molecule has 0 aliphatic carbocycles. The van der Waals surface area contributed by atoms with E-state index in [-0.39, 0.29) is 17.4 Å². The predicted octanol–water partition coefficient (Wildman–Crippen LogP) is 2.44. The van der Waals surface area contributed by atoms with Crippen LogP contribution in [0.3, 0.4) is 0 Å². The normalized spacial score (nSPS) is 13.3. The topological polar surface area (TPSA) is 71.3 Å². The molecule has 6 nitrogen and oxygen atoms in total. The highest BCUT2D eigenvalue weighted by Crippen LogP contribution is 2.21. The van der Waals surface area contributed by atoms with Crippen LogP contribution in [0.2, 0.25) is 0 Å². The van der Waals surface area contributed by atoms with Gasteiger partial charge in [0.05, 0.1) is 0 Å². The molecule has 1 rings (SSSR count). The number of carbonyl (C=O) groups is 1. The summed E-state index contributed by atoms with van der Waals surface area (Å²) in [6.45, 7) is 9.42. The number of hydrogen-bond donors (Lipinski definition) is 1. The van der Waals surface area contributed by atoms with Gasteiger partial charge in [-0.25, -0.2) is 0 Å². The van der Waals surface area contributed by atoms with Crippen LogP contribution in [0.5, 0.6) is 0 Å². The Morgan fingerprint density at radius 3 is 2.65 bits per heavy atom. The standard InChI is InChI=1S/C17H32N4O2/c1-7-9-14-19-16(23-20-14)11-8-10-15(22)18-13(2)17(3,4)12-21(5)6/h13H,7-12H2,1-6H3,(H,18,22)/t13-/m1/s1. The van der Waals surface area contributed by atoms with Crippen LogP contribution in [-0.4, -0.2) is 47.6 Å². The molecule has 0 radical (unpaired) electrons. The first-order valence-corrected chi connectivity index (χ1v) is 8.50. The SMILES string of the molecule is CCCc1noc(CCCC(=O)N[C@H](C)C(C)(C)CN(C)C)n1. The minimum Gasteiger partial charge on any atom is -0.353 e. The van der Waals surface area contributed by atoms with Gasteiger partial charge in [0, 0.05) is 31.8 Å². The molecule has 6 heteroatoms. The Kier molecular flexibility index (Phi) is 7.68. The van der Waals surface area contributed by atoms with E-state index in [0.717, 1.165) is 31.6 Å². The molecule has 0 fully saturated rings. The van der Waals surface area contributed by atoms with Crippen LogP contribution in [0.4, 0.5) is 0 Å². The fourth-order valence-electron chi connectivity index (χ4n) is 2.58. The number of nitrogens with zero attached hydrogens (tertiary/aromatic N) is 3. The van der Waals surface area contributed by atoms with Crippen molar-refractivity contribution in [3.8, 4) is 0 Å². The van der Waals surface area contributed by atoms with Gasteiger partial charge >= 0.3 is 0 Å². The lowest BCUT2D eigenvalue weighted by Crippen LogP contribution is -2.47. The van der Waals surface area contributed by atoms with Gasteiger partial charge in [-0.3, -0.25) is 4.79 Å². The molecule has 1 aromatic rings. The molecule has 0 unspecified atom stereocenters. The summed E-state index contributed by atoms with van der Waals surface area (Å²) < 4.78 is 5.18. The summed E-state index contributed by atoms with van der Waals surface area (Å²) in [5, 5.41) is 7.03. The molecule has 132 valence electrons. The maximum absolute atomic E-state index is 12.1. The van der Waals surface area contributed by atoms with E-state index in [2.05, 4.69) is 48.1 Å². The second kappa shape index (κ2) is 9.01. The van der Waals surface area contributed by atoms with Crippen LogP contribution >= 0.6 is 0 Å². The average molecular weight is 324 g/mol. The summed E-state index contributed by atoms with van der Waals surface area (Å²) in [6, 6.07) is 0.122. The largest absolute Gasteiger partial charge is 0.353 e. The highest BCUT2D eigenvalue weighted by molar-refractivity contribution is 5.76. The van der Waals surface area contributed by atoms with Gasteiger partial charge in [-0.15, -0.1) is 0 Å². The van der Waals surface area contributed by atoms with Crippen molar-refractivity contribution in [3.05, 3.63) is 11.7 Å². The number of amides is 1. The Hall–Kier alpha value is -1.43. The third kappa shape index (κ3) is 7.12. The molecular weight excluding hydrogens is 292 g/mol. The Labute approximate surface area is 140 Å². The monoisotopic (exact) mass is 324 g/mol. The minimum atomic E-state index is 0.0285. The molecule has 1 N–H and O–H groups in total. The number of carbonyl (C=O) groups excluding carboxylic acids is 1.